The summed E-state index contributed by atoms with van der Waals surface area (Å²) >= 11 is 0. The van der Waals surface area contributed by atoms with Crippen molar-refractivity contribution in [3.8, 4) is 0 Å². The molecule has 0 saturated carbocycles. The molecule has 1 rings (SSSR count). The number of benzene rings is 1. The summed E-state index contributed by atoms with van der Waals surface area (Å²) in [6.07, 6.45) is 0. The first kappa shape index (κ1) is 11.0. The lowest BCUT2D eigenvalue weighted by atomic mass is 10.2. The van der Waals surface area contributed by atoms with E-state index in [1.165, 1.54) is 12.1 Å². The van der Waals surface area contributed by atoms with Crippen LogP contribution in [0.4, 0.5) is 10.1 Å². The van der Waals surface area contributed by atoms with E-state index in [1.54, 1.807) is 13.2 Å². The van der Waals surface area contributed by atoms with Crippen LogP contribution in [-0.4, -0.2) is 19.8 Å². The Morgan fingerprint density at radius 2 is 2.21 bits per heavy atom. The van der Waals surface area contributed by atoms with Crippen LogP contribution in [0.5, 0.6) is 0 Å². The standard InChI is InChI=1S/C11H16FNO/c1-8-6-10(12)4-5-11(8)13-9(2)7-14-3/h4-6,9,13H,7H2,1-3H3/t9-/m0/s1. The molecular weight excluding hydrogens is 181 g/mol. The Labute approximate surface area is 84.1 Å². The van der Waals surface area contributed by atoms with Crippen molar-refractivity contribution in [3.05, 3.63) is 29.6 Å². The maximum absolute atomic E-state index is 12.8. The molecule has 14 heavy (non-hydrogen) atoms. The highest BCUT2D eigenvalue weighted by atomic mass is 19.1. The molecule has 0 aromatic heterocycles. The third-order valence-corrected chi connectivity index (χ3v) is 2.01. The molecule has 1 aromatic carbocycles. The van der Waals surface area contributed by atoms with Gasteiger partial charge in [0.25, 0.3) is 0 Å². The minimum absolute atomic E-state index is 0.201. The largest absolute Gasteiger partial charge is 0.383 e. The summed E-state index contributed by atoms with van der Waals surface area (Å²) in [6.45, 7) is 4.54. The van der Waals surface area contributed by atoms with Crippen LogP contribution in [0, 0.1) is 12.7 Å². The van der Waals surface area contributed by atoms with Gasteiger partial charge in [0.05, 0.1) is 6.61 Å². The van der Waals surface area contributed by atoms with Gasteiger partial charge in [0.15, 0.2) is 0 Å². The van der Waals surface area contributed by atoms with E-state index in [-0.39, 0.29) is 11.9 Å². The van der Waals surface area contributed by atoms with Gasteiger partial charge in [-0.25, -0.2) is 4.39 Å². The van der Waals surface area contributed by atoms with Gasteiger partial charge in [0.1, 0.15) is 5.82 Å². The lowest BCUT2D eigenvalue weighted by Crippen LogP contribution is -2.21. The topological polar surface area (TPSA) is 21.3 Å². The van der Waals surface area contributed by atoms with Crippen LogP contribution >= 0.6 is 0 Å². The minimum atomic E-state index is -0.201. The van der Waals surface area contributed by atoms with Gasteiger partial charge >= 0.3 is 0 Å². The fourth-order valence-corrected chi connectivity index (χ4v) is 1.35. The summed E-state index contributed by atoms with van der Waals surface area (Å²) in [4.78, 5) is 0. The van der Waals surface area contributed by atoms with E-state index in [1.807, 2.05) is 13.8 Å². The van der Waals surface area contributed by atoms with Crippen molar-refractivity contribution in [3.63, 3.8) is 0 Å². The lowest BCUT2D eigenvalue weighted by Gasteiger charge is -2.15. The molecule has 0 radical (unpaired) electrons. The molecule has 0 amide bonds. The average molecular weight is 197 g/mol. The predicted octanol–water partition coefficient (Wildman–Crippen LogP) is 2.58. The maximum atomic E-state index is 12.8. The minimum Gasteiger partial charge on any atom is -0.383 e. The van der Waals surface area contributed by atoms with Gasteiger partial charge in [-0.1, -0.05) is 0 Å². The molecule has 0 unspecified atom stereocenters. The zero-order valence-electron chi connectivity index (χ0n) is 8.80. The van der Waals surface area contributed by atoms with Crippen LogP contribution < -0.4 is 5.32 Å². The van der Waals surface area contributed by atoms with Crippen molar-refractivity contribution >= 4 is 5.69 Å². The quantitative estimate of drug-likeness (QED) is 0.801. The molecule has 0 saturated heterocycles. The zero-order chi connectivity index (χ0) is 10.6. The molecule has 1 aromatic rings. The summed E-state index contributed by atoms with van der Waals surface area (Å²) in [5.74, 6) is -0.201. The summed E-state index contributed by atoms with van der Waals surface area (Å²) in [7, 11) is 1.66. The van der Waals surface area contributed by atoms with Crippen LogP contribution in [0.3, 0.4) is 0 Å². The fourth-order valence-electron chi connectivity index (χ4n) is 1.35. The molecule has 3 heteroatoms. The Kier molecular flexibility index (Phi) is 3.89. The van der Waals surface area contributed by atoms with Crippen LogP contribution in [0.15, 0.2) is 18.2 Å². The second-order valence-electron chi connectivity index (χ2n) is 3.46. The van der Waals surface area contributed by atoms with Gasteiger partial charge in [0.2, 0.25) is 0 Å². The Balaban J connectivity index is 2.67. The number of halogens is 1. The number of hydrogen-bond donors (Lipinski definition) is 1. The molecule has 0 heterocycles. The van der Waals surface area contributed by atoms with Crippen molar-refractivity contribution in [2.45, 2.75) is 19.9 Å². The highest BCUT2D eigenvalue weighted by Gasteiger charge is 2.04. The molecule has 0 bridgehead atoms. The van der Waals surface area contributed by atoms with Gasteiger partial charge < -0.3 is 10.1 Å². The highest BCUT2D eigenvalue weighted by Crippen LogP contribution is 2.16. The second-order valence-corrected chi connectivity index (χ2v) is 3.46. The highest BCUT2D eigenvalue weighted by molar-refractivity contribution is 5.51. The first-order chi connectivity index (χ1) is 6.63. The number of ether oxygens (including phenoxy) is 1. The van der Waals surface area contributed by atoms with Crippen molar-refractivity contribution in [2.24, 2.45) is 0 Å². The lowest BCUT2D eigenvalue weighted by molar-refractivity contribution is 0.190. The second kappa shape index (κ2) is 4.96. The first-order valence-electron chi connectivity index (χ1n) is 4.65. The number of rotatable bonds is 4. The Hall–Kier alpha value is -1.09. The smallest absolute Gasteiger partial charge is 0.123 e. The molecule has 1 atom stereocenters. The molecule has 1 N–H and O–H groups in total. The zero-order valence-corrected chi connectivity index (χ0v) is 8.80. The average Bonchev–Trinajstić information content (AvgIpc) is 2.10. The van der Waals surface area contributed by atoms with Crippen molar-refractivity contribution in [1.29, 1.82) is 0 Å². The van der Waals surface area contributed by atoms with E-state index in [4.69, 9.17) is 4.74 Å². The van der Waals surface area contributed by atoms with Gasteiger partial charge in [-0.2, -0.15) is 0 Å². The third-order valence-electron chi connectivity index (χ3n) is 2.01. The van der Waals surface area contributed by atoms with Gasteiger partial charge in [0, 0.05) is 18.8 Å². The van der Waals surface area contributed by atoms with E-state index < -0.39 is 0 Å². The van der Waals surface area contributed by atoms with Crippen molar-refractivity contribution in [1.82, 2.24) is 0 Å². The van der Waals surface area contributed by atoms with Crippen molar-refractivity contribution in [2.75, 3.05) is 19.0 Å². The number of nitrogens with one attached hydrogen (secondary N) is 1. The first-order valence-corrected chi connectivity index (χ1v) is 4.65. The Morgan fingerprint density at radius 1 is 1.50 bits per heavy atom. The molecule has 0 spiro atoms. The maximum Gasteiger partial charge on any atom is 0.123 e. The normalized spacial score (nSPS) is 12.6. The van der Waals surface area contributed by atoms with Crippen LogP contribution in [0.25, 0.3) is 0 Å². The Morgan fingerprint density at radius 3 is 2.79 bits per heavy atom. The molecule has 0 fully saturated rings. The number of aryl methyl sites for hydroxylation is 1. The molecule has 0 aliphatic rings. The van der Waals surface area contributed by atoms with Crippen molar-refractivity contribution < 1.29 is 9.13 Å². The van der Waals surface area contributed by atoms with E-state index in [9.17, 15) is 4.39 Å². The molecule has 0 aliphatic heterocycles. The summed E-state index contributed by atoms with van der Waals surface area (Å²) < 4.78 is 17.8. The summed E-state index contributed by atoms with van der Waals surface area (Å²) in [5.41, 5.74) is 1.86. The van der Waals surface area contributed by atoms with Gasteiger partial charge in [-0.3, -0.25) is 0 Å². The molecule has 0 aliphatic carbocycles. The van der Waals surface area contributed by atoms with Crippen LogP contribution in [-0.2, 0) is 4.74 Å². The molecular formula is C11H16FNO. The number of hydrogen-bond acceptors (Lipinski definition) is 2. The fraction of sp³-hybridized carbons (Fsp3) is 0.455. The number of anilines is 1. The van der Waals surface area contributed by atoms with E-state index in [0.717, 1.165) is 11.3 Å². The summed E-state index contributed by atoms with van der Waals surface area (Å²) in [5, 5.41) is 3.25. The summed E-state index contributed by atoms with van der Waals surface area (Å²) in [6, 6.07) is 4.94. The van der Waals surface area contributed by atoms with Gasteiger partial charge in [-0.05, 0) is 37.6 Å². The van der Waals surface area contributed by atoms with E-state index in [0.29, 0.717) is 6.61 Å². The number of methoxy groups -OCH3 is 1. The van der Waals surface area contributed by atoms with Crippen LogP contribution in [0.2, 0.25) is 0 Å². The molecule has 2 nitrogen and oxygen atoms in total. The van der Waals surface area contributed by atoms with Crippen LogP contribution in [0.1, 0.15) is 12.5 Å². The van der Waals surface area contributed by atoms with E-state index >= 15 is 0 Å². The monoisotopic (exact) mass is 197 g/mol. The molecule has 78 valence electrons. The van der Waals surface area contributed by atoms with E-state index in [2.05, 4.69) is 5.32 Å². The predicted molar refractivity (Wildman–Crippen MR) is 56.1 cm³/mol. The third kappa shape index (κ3) is 3.00. The Bertz CT molecular complexity index is 301. The van der Waals surface area contributed by atoms with Gasteiger partial charge in [-0.15, -0.1) is 0 Å². The SMILES string of the molecule is COC[C@H](C)Nc1ccc(F)cc1C.